The minimum atomic E-state index is -0.558. The maximum atomic E-state index is 13.3. The number of carbonyl (C=O) groups excluding carboxylic acids is 1. The topological polar surface area (TPSA) is 73.1 Å². The van der Waals surface area contributed by atoms with E-state index >= 15 is 0 Å². The number of carbonyl (C=O) groups is 1. The maximum Gasteiger partial charge on any atom is 0.254 e. The van der Waals surface area contributed by atoms with Crippen LogP contribution in [0.5, 0.6) is 5.75 Å². The first-order chi connectivity index (χ1) is 14.2. The van der Waals surface area contributed by atoms with Crippen molar-refractivity contribution >= 4 is 5.91 Å². The normalized spacial score (nSPS) is 15.7. The lowest BCUT2D eigenvalue weighted by Crippen LogP contribution is -2.50. The summed E-state index contributed by atoms with van der Waals surface area (Å²) in [5.41, 5.74) is 0.924. The fourth-order valence-electron chi connectivity index (χ4n) is 4.21. The Morgan fingerprint density at radius 2 is 1.83 bits per heavy atom. The van der Waals surface area contributed by atoms with Gasteiger partial charge < -0.3 is 9.64 Å². The molecule has 0 saturated heterocycles. The molecular formula is C22H25N5O2. The summed E-state index contributed by atoms with van der Waals surface area (Å²) in [4.78, 5) is 15.2. The van der Waals surface area contributed by atoms with E-state index < -0.39 is 5.54 Å². The second-order valence-corrected chi connectivity index (χ2v) is 7.44. The second kappa shape index (κ2) is 8.03. The average Bonchev–Trinajstić information content (AvgIpc) is 3.30. The molecule has 29 heavy (non-hydrogen) atoms. The zero-order valence-corrected chi connectivity index (χ0v) is 16.8. The largest absolute Gasteiger partial charge is 0.497 e. The van der Waals surface area contributed by atoms with E-state index in [0.29, 0.717) is 11.4 Å². The van der Waals surface area contributed by atoms with Gasteiger partial charge in [0.1, 0.15) is 11.3 Å². The Bertz CT molecular complexity index is 980. The lowest BCUT2D eigenvalue weighted by molar-refractivity contribution is 0.0386. The predicted octanol–water partition coefficient (Wildman–Crippen LogP) is 3.60. The van der Waals surface area contributed by atoms with Gasteiger partial charge in [0, 0.05) is 18.7 Å². The Kier molecular flexibility index (Phi) is 5.29. The van der Waals surface area contributed by atoms with E-state index in [4.69, 9.17) is 4.74 Å². The van der Waals surface area contributed by atoms with Crippen LogP contribution in [0.15, 0.2) is 54.6 Å². The van der Waals surface area contributed by atoms with Crippen molar-refractivity contribution in [3.05, 3.63) is 66.0 Å². The number of rotatable bonds is 5. The average molecular weight is 391 g/mol. The molecule has 1 aromatic heterocycles. The molecule has 0 unspecified atom stereocenters. The number of nitrogens with zero attached hydrogens (tertiary/aromatic N) is 5. The molecule has 0 radical (unpaired) electrons. The number of amides is 1. The van der Waals surface area contributed by atoms with Crippen molar-refractivity contribution in [2.24, 2.45) is 0 Å². The molecule has 0 bridgehead atoms. The molecule has 4 rings (SSSR count). The van der Waals surface area contributed by atoms with Gasteiger partial charge in [0.05, 0.1) is 12.8 Å². The van der Waals surface area contributed by atoms with Crippen LogP contribution < -0.4 is 4.74 Å². The van der Waals surface area contributed by atoms with E-state index in [1.165, 1.54) is 0 Å². The first-order valence-corrected chi connectivity index (χ1v) is 9.92. The first-order valence-electron chi connectivity index (χ1n) is 9.92. The van der Waals surface area contributed by atoms with Gasteiger partial charge in [-0.05, 0) is 47.5 Å². The zero-order chi connectivity index (χ0) is 20.3. The highest BCUT2D eigenvalue weighted by atomic mass is 16.5. The van der Waals surface area contributed by atoms with Gasteiger partial charge in [0.2, 0.25) is 0 Å². The third kappa shape index (κ3) is 3.48. The van der Waals surface area contributed by atoms with E-state index in [1.54, 1.807) is 11.8 Å². The predicted molar refractivity (Wildman–Crippen MR) is 109 cm³/mol. The van der Waals surface area contributed by atoms with Crippen LogP contribution in [0.2, 0.25) is 0 Å². The number of benzene rings is 2. The van der Waals surface area contributed by atoms with E-state index in [2.05, 4.69) is 15.5 Å². The van der Waals surface area contributed by atoms with Crippen molar-refractivity contribution in [3.8, 4) is 11.4 Å². The molecule has 1 heterocycles. The number of hydrogen-bond acceptors (Lipinski definition) is 5. The van der Waals surface area contributed by atoms with Gasteiger partial charge in [-0.15, -0.1) is 5.10 Å². The molecule has 150 valence electrons. The molecule has 0 N–H and O–H groups in total. The fourth-order valence-corrected chi connectivity index (χ4v) is 4.21. The maximum absolute atomic E-state index is 13.3. The molecule has 1 aliphatic carbocycles. The van der Waals surface area contributed by atoms with Crippen LogP contribution in [0.25, 0.3) is 5.69 Å². The van der Waals surface area contributed by atoms with Crippen LogP contribution in [-0.2, 0) is 5.54 Å². The van der Waals surface area contributed by atoms with Gasteiger partial charge in [-0.2, -0.15) is 4.68 Å². The highest BCUT2D eigenvalue weighted by Crippen LogP contribution is 2.42. The standard InChI is InChI=1S/C22H25N5O2/c1-26(20(28)17-10-5-3-6-11-17)22(14-7-4-8-15-22)21-23-24-25-27(21)18-12-9-13-19(16-18)29-2/h3,5-6,9-13,16H,4,7-8,14-15H2,1-2H3. The minimum absolute atomic E-state index is 0.0207. The lowest BCUT2D eigenvalue weighted by Gasteiger charge is -2.43. The summed E-state index contributed by atoms with van der Waals surface area (Å²) in [5.74, 6) is 1.40. The Labute approximate surface area is 170 Å². The molecule has 2 aromatic carbocycles. The molecule has 0 spiro atoms. The molecule has 1 fully saturated rings. The van der Waals surface area contributed by atoms with Gasteiger partial charge >= 0.3 is 0 Å². The summed E-state index contributed by atoms with van der Waals surface area (Å²) < 4.78 is 7.10. The van der Waals surface area contributed by atoms with Gasteiger partial charge in [-0.1, -0.05) is 43.5 Å². The summed E-state index contributed by atoms with van der Waals surface area (Å²) in [6.07, 6.45) is 4.85. The number of ether oxygens (including phenoxy) is 1. The molecule has 1 saturated carbocycles. The van der Waals surface area contributed by atoms with Crippen molar-refractivity contribution in [2.75, 3.05) is 14.2 Å². The quantitative estimate of drug-likeness (QED) is 0.664. The molecule has 1 aliphatic rings. The fraction of sp³-hybridized carbons (Fsp3) is 0.364. The van der Waals surface area contributed by atoms with Crippen LogP contribution in [0.1, 0.15) is 48.3 Å². The third-order valence-electron chi connectivity index (χ3n) is 5.83. The number of methoxy groups -OCH3 is 1. The van der Waals surface area contributed by atoms with Crippen LogP contribution in [0.3, 0.4) is 0 Å². The highest BCUT2D eigenvalue weighted by Gasteiger charge is 2.45. The Hall–Kier alpha value is -3.22. The molecule has 3 aromatic rings. The van der Waals surface area contributed by atoms with E-state index in [1.807, 2.05) is 66.5 Å². The Morgan fingerprint density at radius 1 is 1.07 bits per heavy atom. The summed E-state index contributed by atoms with van der Waals surface area (Å²) in [7, 11) is 3.50. The summed E-state index contributed by atoms with van der Waals surface area (Å²) >= 11 is 0. The van der Waals surface area contributed by atoms with Crippen molar-refractivity contribution in [1.29, 1.82) is 0 Å². The van der Waals surface area contributed by atoms with E-state index in [-0.39, 0.29) is 5.91 Å². The van der Waals surface area contributed by atoms with E-state index in [0.717, 1.165) is 43.5 Å². The third-order valence-corrected chi connectivity index (χ3v) is 5.83. The summed E-state index contributed by atoms with van der Waals surface area (Å²) in [6.45, 7) is 0. The number of aromatic nitrogens is 4. The first kappa shape index (κ1) is 19.1. The van der Waals surface area contributed by atoms with Crippen LogP contribution >= 0.6 is 0 Å². The Morgan fingerprint density at radius 3 is 2.55 bits per heavy atom. The highest BCUT2D eigenvalue weighted by molar-refractivity contribution is 5.94. The van der Waals surface area contributed by atoms with Crippen molar-refractivity contribution in [2.45, 2.75) is 37.6 Å². The monoisotopic (exact) mass is 391 g/mol. The molecule has 7 nitrogen and oxygen atoms in total. The zero-order valence-electron chi connectivity index (χ0n) is 16.8. The summed E-state index contributed by atoms with van der Waals surface area (Å²) in [5, 5.41) is 12.6. The number of tetrazole rings is 1. The van der Waals surface area contributed by atoms with Crippen LogP contribution in [0, 0.1) is 0 Å². The van der Waals surface area contributed by atoms with E-state index in [9.17, 15) is 4.79 Å². The van der Waals surface area contributed by atoms with Crippen molar-refractivity contribution in [3.63, 3.8) is 0 Å². The number of hydrogen-bond donors (Lipinski definition) is 0. The van der Waals surface area contributed by atoms with Crippen LogP contribution in [-0.4, -0.2) is 45.2 Å². The smallest absolute Gasteiger partial charge is 0.254 e. The SMILES string of the molecule is COc1cccc(-n2nnnc2C2(N(C)C(=O)c3ccccc3)CCCCC2)c1. The van der Waals surface area contributed by atoms with Gasteiger partial charge in [-0.25, -0.2) is 0 Å². The molecule has 0 aliphatic heterocycles. The Balaban J connectivity index is 1.78. The van der Waals surface area contributed by atoms with Gasteiger partial charge in [0.25, 0.3) is 5.91 Å². The van der Waals surface area contributed by atoms with Gasteiger partial charge in [-0.3, -0.25) is 4.79 Å². The summed E-state index contributed by atoms with van der Waals surface area (Å²) in [6, 6.07) is 17.0. The van der Waals surface area contributed by atoms with Crippen molar-refractivity contribution < 1.29 is 9.53 Å². The minimum Gasteiger partial charge on any atom is -0.497 e. The lowest BCUT2D eigenvalue weighted by atomic mass is 9.79. The van der Waals surface area contributed by atoms with Crippen LogP contribution in [0.4, 0.5) is 0 Å². The molecule has 0 atom stereocenters. The van der Waals surface area contributed by atoms with Gasteiger partial charge in [0.15, 0.2) is 5.82 Å². The second-order valence-electron chi connectivity index (χ2n) is 7.44. The molecule has 7 heteroatoms. The molecular weight excluding hydrogens is 366 g/mol. The van der Waals surface area contributed by atoms with Crippen molar-refractivity contribution in [1.82, 2.24) is 25.1 Å². The molecule has 1 amide bonds.